The number of pyridine rings is 1. The third kappa shape index (κ3) is 3.82. The molecule has 6 heteroatoms. The van der Waals surface area contributed by atoms with E-state index in [9.17, 15) is 4.79 Å². The maximum Gasteiger partial charge on any atom is 0.224 e. The van der Waals surface area contributed by atoms with Crippen molar-refractivity contribution in [1.29, 1.82) is 0 Å². The monoisotopic (exact) mass is 386 g/mol. The van der Waals surface area contributed by atoms with Gasteiger partial charge in [0.1, 0.15) is 11.3 Å². The zero-order chi connectivity index (χ0) is 16.9. The van der Waals surface area contributed by atoms with Gasteiger partial charge in [0.25, 0.3) is 0 Å². The highest BCUT2D eigenvalue weighted by atomic mass is 79.9. The fourth-order valence-electron chi connectivity index (χ4n) is 2.64. The van der Waals surface area contributed by atoms with Gasteiger partial charge in [-0.05, 0) is 42.8 Å². The number of amides is 1. The van der Waals surface area contributed by atoms with Crippen molar-refractivity contribution < 1.29 is 4.79 Å². The van der Waals surface area contributed by atoms with Crippen molar-refractivity contribution in [2.75, 3.05) is 5.32 Å². The lowest BCUT2D eigenvalue weighted by molar-refractivity contribution is -0.116. The molecule has 0 atom stereocenters. The summed E-state index contributed by atoms with van der Waals surface area (Å²) < 4.78 is 3.10. The van der Waals surface area contributed by atoms with E-state index >= 15 is 0 Å². The number of fused-ring (bicyclic) bond motifs is 1. The normalized spacial score (nSPS) is 10.9. The van der Waals surface area contributed by atoms with Gasteiger partial charge < -0.3 is 9.88 Å². The van der Waals surface area contributed by atoms with Crippen LogP contribution in [0.2, 0.25) is 0 Å². The largest absolute Gasteiger partial charge is 0.326 e. The van der Waals surface area contributed by atoms with Crippen molar-refractivity contribution >= 4 is 38.7 Å². The number of hydrogen-bond donors (Lipinski definition) is 1. The number of nitrogens with one attached hydrogen (secondary N) is 1. The minimum atomic E-state index is -0.0135. The topological polar surface area (TPSA) is 59.8 Å². The Morgan fingerprint density at radius 1 is 1.25 bits per heavy atom. The lowest BCUT2D eigenvalue weighted by Gasteiger charge is -2.08. The molecule has 1 aromatic carbocycles. The third-order valence-electron chi connectivity index (χ3n) is 3.73. The van der Waals surface area contributed by atoms with Crippen LogP contribution in [0.15, 0.2) is 47.1 Å². The maximum atomic E-state index is 12.2. The molecule has 124 valence electrons. The van der Waals surface area contributed by atoms with Gasteiger partial charge in [0.15, 0.2) is 5.65 Å². The first-order valence-electron chi connectivity index (χ1n) is 8.03. The molecule has 0 unspecified atom stereocenters. The number of aryl methyl sites for hydroxylation is 2. The molecular weight excluding hydrogens is 368 g/mol. The van der Waals surface area contributed by atoms with Crippen LogP contribution in [0.25, 0.3) is 11.2 Å². The number of carbonyl (C=O) groups excluding carboxylic acids is 1. The lowest BCUT2D eigenvalue weighted by atomic mass is 10.2. The number of carbonyl (C=O) groups is 1. The molecule has 1 N–H and O–H groups in total. The number of benzene rings is 1. The number of anilines is 1. The Kier molecular flexibility index (Phi) is 5.25. The zero-order valence-corrected chi connectivity index (χ0v) is 15.1. The molecule has 3 aromatic rings. The molecule has 0 aliphatic rings. The molecular formula is C18H19BrN4O. The fraction of sp³-hybridized carbons (Fsp3) is 0.278. The zero-order valence-electron chi connectivity index (χ0n) is 13.5. The fourth-order valence-corrected chi connectivity index (χ4v) is 2.90. The van der Waals surface area contributed by atoms with Crippen LogP contribution in [0.3, 0.4) is 0 Å². The molecule has 0 fully saturated rings. The molecule has 0 aliphatic heterocycles. The van der Waals surface area contributed by atoms with E-state index in [-0.39, 0.29) is 5.91 Å². The smallest absolute Gasteiger partial charge is 0.224 e. The Morgan fingerprint density at radius 3 is 2.79 bits per heavy atom. The number of aromatic nitrogens is 3. The van der Waals surface area contributed by atoms with E-state index in [1.54, 1.807) is 6.20 Å². The van der Waals surface area contributed by atoms with Gasteiger partial charge in [-0.1, -0.05) is 22.9 Å². The van der Waals surface area contributed by atoms with Gasteiger partial charge >= 0.3 is 0 Å². The summed E-state index contributed by atoms with van der Waals surface area (Å²) in [5.41, 5.74) is 2.57. The average Bonchev–Trinajstić information content (AvgIpc) is 2.93. The van der Waals surface area contributed by atoms with E-state index in [0.717, 1.165) is 40.1 Å². The average molecular weight is 387 g/mol. The highest BCUT2D eigenvalue weighted by Crippen LogP contribution is 2.17. The summed E-state index contributed by atoms with van der Waals surface area (Å²) in [7, 11) is 0. The molecule has 1 amide bonds. The summed E-state index contributed by atoms with van der Waals surface area (Å²) in [6.45, 7) is 2.98. The highest BCUT2D eigenvalue weighted by molar-refractivity contribution is 9.10. The van der Waals surface area contributed by atoms with E-state index < -0.39 is 0 Å². The van der Waals surface area contributed by atoms with Crippen molar-refractivity contribution in [3.63, 3.8) is 0 Å². The van der Waals surface area contributed by atoms with Crippen molar-refractivity contribution in [2.24, 2.45) is 0 Å². The number of nitrogens with zero attached hydrogens (tertiary/aromatic N) is 3. The summed E-state index contributed by atoms with van der Waals surface area (Å²) in [6.07, 6.45) is 3.77. The van der Waals surface area contributed by atoms with Crippen LogP contribution in [-0.2, 0) is 17.8 Å². The number of halogens is 1. The standard InChI is InChI=1S/C18H19BrN4O/c1-2-12-23-16(22-15-4-3-11-20-18(15)23)9-10-17(24)21-14-7-5-13(19)6-8-14/h3-8,11H,2,9-10,12H2,1H3,(H,21,24). The molecule has 0 saturated carbocycles. The van der Waals surface area contributed by atoms with E-state index in [1.807, 2.05) is 36.4 Å². The second kappa shape index (κ2) is 7.57. The van der Waals surface area contributed by atoms with E-state index in [0.29, 0.717) is 12.8 Å². The van der Waals surface area contributed by atoms with Crippen LogP contribution >= 0.6 is 15.9 Å². The SMILES string of the molecule is CCCn1c(CCC(=O)Nc2ccc(Br)cc2)nc2cccnc21. The molecule has 5 nitrogen and oxygen atoms in total. The number of hydrogen-bond acceptors (Lipinski definition) is 3. The van der Waals surface area contributed by atoms with Gasteiger partial charge in [0.05, 0.1) is 0 Å². The first kappa shape index (κ1) is 16.6. The molecule has 24 heavy (non-hydrogen) atoms. The minimum absolute atomic E-state index is 0.0135. The summed E-state index contributed by atoms with van der Waals surface area (Å²) in [4.78, 5) is 21.2. The number of rotatable bonds is 6. The quantitative estimate of drug-likeness (QED) is 0.691. The van der Waals surface area contributed by atoms with Crippen molar-refractivity contribution in [2.45, 2.75) is 32.7 Å². The van der Waals surface area contributed by atoms with Gasteiger partial charge in [0.2, 0.25) is 5.91 Å². The van der Waals surface area contributed by atoms with Crippen LogP contribution in [0.4, 0.5) is 5.69 Å². The Bertz CT molecular complexity index is 842. The first-order valence-corrected chi connectivity index (χ1v) is 8.82. The lowest BCUT2D eigenvalue weighted by Crippen LogP contribution is -2.14. The van der Waals surface area contributed by atoms with E-state index in [1.165, 1.54) is 0 Å². The van der Waals surface area contributed by atoms with Crippen molar-refractivity contribution in [3.05, 3.63) is 52.9 Å². The Morgan fingerprint density at radius 2 is 2.04 bits per heavy atom. The molecule has 0 aliphatic carbocycles. The van der Waals surface area contributed by atoms with Crippen LogP contribution in [0.1, 0.15) is 25.6 Å². The van der Waals surface area contributed by atoms with Crippen LogP contribution in [0, 0.1) is 0 Å². The summed E-state index contributed by atoms with van der Waals surface area (Å²) in [5.74, 6) is 0.900. The maximum absolute atomic E-state index is 12.2. The predicted octanol–water partition coefficient (Wildman–Crippen LogP) is 4.18. The summed E-state index contributed by atoms with van der Waals surface area (Å²) in [6, 6.07) is 11.4. The molecule has 0 spiro atoms. The van der Waals surface area contributed by atoms with Crippen LogP contribution < -0.4 is 5.32 Å². The van der Waals surface area contributed by atoms with Gasteiger partial charge in [-0.3, -0.25) is 4.79 Å². The van der Waals surface area contributed by atoms with Crippen LogP contribution in [-0.4, -0.2) is 20.4 Å². The first-order chi connectivity index (χ1) is 11.7. The molecule has 2 heterocycles. The van der Waals surface area contributed by atoms with Crippen LogP contribution in [0.5, 0.6) is 0 Å². The summed E-state index contributed by atoms with van der Waals surface area (Å²) in [5, 5.41) is 2.91. The van der Waals surface area contributed by atoms with Gasteiger partial charge in [0, 0.05) is 35.7 Å². The van der Waals surface area contributed by atoms with E-state index in [4.69, 9.17) is 0 Å². The van der Waals surface area contributed by atoms with Gasteiger partial charge in [-0.25, -0.2) is 9.97 Å². The summed E-state index contributed by atoms with van der Waals surface area (Å²) >= 11 is 3.38. The van der Waals surface area contributed by atoms with E-state index in [2.05, 4.69) is 42.7 Å². The minimum Gasteiger partial charge on any atom is -0.326 e. The molecule has 0 bridgehead atoms. The van der Waals surface area contributed by atoms with Gasteiger partial charge in [-0.15, -0.1) is 0 Å². The predicted molar refractivity (Wildman–Crippen MR) is 98.9 cm³/mol. The molecule has 3 rings (SSSR count). The van der Waals surface area contributed by atoms with Gasteiger partial charge in [-0.2, -0.15) is 0 Å². The molecule has 0 radical (unpaired) electrons. The third-order valence-corrected chi connectivity index (χ3v) is 4.26. The Balaban J connectivity index is 1.69. The Hall–Kier alpha value is -2.21. The van der Waals surface area contributed by atoms with Crippen molar-refractivity contribution in [1.82, 2.24) is 14.5 Å². The molecule has 2 aromatic heterocycles. The molecule has 0 saturated heterocycles. The Labute approximate surface area is 149 Å². The second-order valence-corrected chi connectivity index (χ2v) is 6.50. The highest BCUT2D eigenvalue weighted by Gasteiger charge is 2.12. The van der Waals surface area contributed by atoms with Crippen molar-refractivity contribution in [3.8, 4) is 0 Å². The second-order valence-electron chi connectivity index (χ2n) is 5.58. The number of imidazole rings is 1.